The maximum absolute atomic E-state index is 11.4. The van der Waals surface area contributed by atoms with Gasteiger partial charge in [0.2, 0.25) is 0 Å². The number of methoxy groups -OCH3 is 1. The third kappa shape index (κ3) is 9.36. The van der Waals surface area contributed by atoms with Gasteiger partial charge in [0.15, 0.2) is 12.2 Å². The molecule has 3 aromatic rings. The minimum absolute atomic E-state index is 0. The third-order valence-corrected chi connectivity index (χ3v) is 6.44. The summed E-state index contributed by atoms with van der Waals surface area (Å²) in [5, 5.41) is 3.51. The zero-order chi connectivity index (χ0) is 28.6. The number of piperidine rings is 1. The van der Waals surface area contributed by atoms with Crippen LogP contribution in [0.5, 0.6) is 5.75 Å². The van der Waals surface area contributed by atoms with Crippen LogP contribution in [0.4, 0.5) is 4.39 Å². The Hall–Kier alpha value is -3.94. The molecule has 0 unspecified atom stereocenters. The molecule has 1 heterocycles. The first kappa shape index (κ1) is 30.6. The number of hydrogen-bond donors (Lipinski definition) is 1. The van der Waals surface area contributed by atoms with Crippen molar-refractivity contribution in [3.63, 3.8) is 0 Å². The van der Waals surface area contributed by atoms with Crippen molar-refractivity contribution < 1.29 is 34.4 Å². The fourth-order valence-corrected chi connectivity index (χ4v) is 4.41. The van der Waals surface area contributed by atoms with Crippen molar-refractivity contribution >= 4 is 18.0 Å². The molecule has 0 aliphatic carbocycles. The Kier molecular flexibility index (Phi) is 12.9. The van der Waals surface area contributed by atoms with Crippen LogP contribution in [0.25, 0.3) is 11.1 Å². The average Bonchev–Trinajstić information content (AvgIpc) is 3.02. The van der Waals surface area contributed by atoms with Crippen LogP contribution >= 0.6 is 0 Å². The number of benzene rings is 3. The first-order chi connectivity index (χ1) is 19.6. The van der Waals surface area contributed by atoms with Crippen molar-refractivity contribution in [2.75, 3.05) is 33.4 Å². The number of allylic oxidation sites excluding steroid dienone is 1. The molecular formula is C32H36FNO6. The van der Waals surface area contributed by atoms with Crippen molar-refractivity contribution in [1.82, 2.24) is 5.32 Å². The Morgan fingerprint density at radius 1 is 1.05 bits per heavy atom. The van der Waals surface area contributed by atoms with Gasteiger partial charge in [0.05, 0.1) is 19.3 Å². The summed E-state index contributed by atoms with van der Waals surface area (Å²) in [5.41, 5.74) is 4.95. The first-order valence-corrected chi connectivity index (χ1v) is 13.1. The second-order valence-electron chi connectivity index (χ2n) is 9.14. The predicted octanol–water partition coefficient (Wildman–Crippen LogP) is 5.12. The van der Waals surface area contributed by atoms with E-state index in [1.165, 1.54) is 16.7 Å². The number of para-hydroxylation sites is 1. The van der Waals surface area contributed by atoms with Gasteiger partial charge in [0.25, 0.3) is 11.6 Å². The summed E-state index contributed by atoms with van der Waals surface area (Å²) in [5.74, 6) is -1.25. The minimum atomic E-state index is -1.68. The molecule has 1 fully saturated rings. The zero-order valence-corrected chi connectivity index (χ0v) is 22.5. The van der Waals surface area contributed by atoms with Crippen LogP contribution in [0.2, 0.25) is 0 Å². The molecule has 0 saturated carbocycles. The molecular weight excluding hydrogens is 513 g/mol. The van der Waals surface area contributed by atoms with Gasteiger partial charge in [-0.05, 0) is 35.7 Å². The van der Waals surface area contributed by atoms with E-state index in [0.29, 0.717) is 31.7 Å². The standard InChI is InChI=1S/C28H33NO3.C4HFO3.H2/c1-30-17-8-18-31-27-14-6-5-11-25(27)21-32-28-20-29-16-15-26(28)24-13-7-12-23(19-24)22-9-3-2-4-10-22;5-3(1-6)4(8)2-7;/h2-7,9-14,19,26,28-29H,8,15-18,20-21H2,1H3;2H;1H/t26-,28+;;/m1../s1. The van der Waals surface area contributed by atoms with E-state index in [4.69, 9.17) is 14.2 Å². The van der Waals surface area contributed by atoms with Crippen molar-refractivity contribution in [1.29, 1.82) is 0 Å². The summed E-state index contributed by atoms with van der Waals surface area (Å²) in [6.45, 7) is 3.76. The molecule has 0 bridgehead atoms. The molecule has 0 amide bonds. The fourth-order valence-electron chi connectivity index (χ4n) is 4.41. The fraction of sp³-hybridized carbons (Fsp3) is 0.312. The number of ether oxygens (including phenoxy) is 3. The van der Waals surface area contributed by atoms with Crippen LogP contribution in [0.1, 0.15) is 31.3 Å². The molecule has 2 atom stereocenters. The van der Waals surface area contributed by atoms with Crippen molar-refractivity contribution in [3.05, 3.63) is 95.8 Å². The lowest BCUT2D eigenvalue weighted by atomic mass is 9.86. The minimum Gasteiger partial charge on any atom is -0.493 e. The quantitative estimate of drug-likeness (QED) is 0.110. The Bertz CT molecular complexity index is 1280. The summed E-state index contributed by atoms with van der Waals surface area (Å²) < 4.78 is 29.0. The Morgan fingerprint density at radius 2 is 1.80 bits per heavy atom. The number of aldehydes is 1. The molecule has 212 valence electrons. The molecule has 1 aliphatic heterocycles. The molecule has 0 aromatic heterocycles. The summed E-state index contributed by atoms with van der Waals surface area (Å²) in [7, 11) is 1.71. The zero-order valence-electron chi connectivity index (χ0n) is 22.5. The van der Waals surface area contributed by atoms with E-state index in [9.17, 15) is 18.8 Å². The molecule has 3 aromatic carbocycles. The molecule has 0 spiro atoms. The number of halogens is 1. The van der Waals surface area contributed by atoms with Crippen molar-refractivity contribution in [3.8, 4) is 16.9 Å². The summed E-state index contributed by atoms with van der Waals surface area (Å²) >= 11 is 0. The number of carbonyl (C=O) groups is 2. The Labute approximate surface area is 235 Å². The number of hydrogen-bond acceptors (Lipinski definition) is 7. The summed E-state index contributed by atoms with van der Waals surface area (Å²) in [4.78, 5) is 28.2. The van der Waals surface area contributed by atoms with E-state index in [2.05, 4.69) is 66.0 Å². The lowest BCUT2D eigenvalue weighted by molar-refractivity contribution is -0.128. The Balaban J connectivity index is 0.000000574. The maximum atomic E-state index is 11.4. The van der Waals surface area contributed by atoms with Gasteiger partial charge in [-0.2, -0.15) is 4.39 Å². The van der Waals surface area contributed by atoms with Crippen molar-refractivity contribution in [2.24, 2.45) is 0 Å². The second kappa shape index (κ2) is 16.9. The lowest BCUT2D eigenvalue weighted by Gasteiger charge is -2.33. The topological polar surface area (TPSA) is 90.9 Å². The van der Waals surface area contributed by atoms with E-state index in [0.717, 1.165) is 37.2 Å². The van der Waals surface area contributed by atoms with Crippen LogP contribution in [-0.4, -0.2) is 57.5 Å². The van der Waals surface area contributed by atoms with Gasteiger partial charge < -0.3 is 19.5 Å². The number of carbonyl (C=O) groups excluding carboxylic acids is 3. The molecule has 4 rings (SSSR count). The molecule has 8 heteroatoms. The molecule has 0 radical (unpaired) electrons. The normalized spacial score (nSPS) is 16.1. The van der Waals surface area contributed by atoms with Crippen LogP contribution in [0, 0.1) is 0 Å². The summed E-state index contributed by atoms with van der Waals surface area (Å²) in [6.07, 6.45) is 1.77. The highest BCUT2D eigenvalue weighted by atomic mass is 19.1. The molecule has 1 aliphatic rings. The summed E-state index contributed by atoms with van der Waals surface area (Å²) in [6, 6.07) is 27.7. The van der Waals surface area contributed by atoms with E-state index in [1.807, 2.05) is 18.2 Å². The number of nitrogens with one attached hydrogen (secondary N) is 1. The van der Waals surface area contributed by atoms with Gasteiger partial charge in [-0.25, -0.2) is 4.79 Å². The number of ketones is 1. The number of Topliss-reactive ketones (excluding diaryl/α,β-unsaturated/α-hetero) is 1. The van der Waals surface area contributed by atoms with Gasteiger partial charge in [0.1, 0.15) is 5.75 Å². The smallest absolute Gasteiger partial charge is 0.265 e. The van der Waals surface area contributed by atoms with Gasteiger partial charge in [-0.1, -0.05) is 72.8 Å². The van der Waals surface area contributed by atoms with E-state index >= 15 is 0 Å². The Morgan fingerprint density at radius 3 is 2.52 bits per heavy atom. The van der Waals surface area contributed by atoms with Gasteiger partial charge in [-0.3, -0.25) is 9.59 Å². The van der Waals surface area contributed by atoms with Gasteiger partial charge in [0, 0.05) is 39.6 Å². The van der Waals surface area contributed by atoms with Crippen LogP contribution < -0.4 is 10.1 Å². The average molecular weight is 550 g/mol. The second-order valence-corrected chi connectivity index (χ2v) is 9.14. The third-order valence-electron chi connectivity index (χ3n) is 6.44. The maximum Gasteiger partial charge on any atom is 0.265 e. The first-order valence-electron chi connectivity index (χ1n) is 13.1. The highest BCUT2D eigenvalue weighted by Gasteiger charge is 2.27. The van der Waals surface area contributed by atoms with Crippen LogP contribution in [-0.2, 0) is 30.5 Å². The van der Waals surface area contributed by atoms with Crippen LogP contribution in [0.15, 0.2) is 84.7 Å². The predicted molar refractivity (Wildman–Crippen MR) is 153 cm³/mol. The largest absolute Gasteiger partial charge is 0.493 e. The molecule has 7 nitrogen and oxygen atoms in total. The van der Waals surface area contributed by atoms with Crippen LogP contribution in [0.3, 0.4) is 0 Å². The molecule has 1 saturated heterocycles. The highest BCUT2D eigenvalue weighted by molar-refractivity contribution is 6.34. The molecule has 40 heavy (non-hydrogen) atoms. The van der Waals surface area contributed by atoms with Gasteiger partial charge >= 0.3 is 0 Å². The van der Waals surface area contributed by atoms with E-state index in [-0.39, 0.29) is 13.8 Å². The molecule has 1 N–H and O–H groups in total. The monoisotopic (exact) mass is 549 g/mol. The van der Waals surface area contributed by atoms with Crippen molar-refractivity contribution in [2.45, 2.75) is 31.5 Å². The lowest BCUT2D eigenvalue weighted by Crippen LogP contribution is -2.41. The number of rotatable bonds is 12. The SMILES string of the molecule is COCCCOc1ccccc1CO[C@H]1CNCC[C@@H]1c1cccc(-c2ccccc2)c1.O=C=C(F)C(=O)C=O.[HH]. The van der Waals surface area contributed by atoms with Gasteiger partial charge in [-0.15, -0.1) is 0 Å². The van der Waals surface area contributed by atoms with E-state index < -0.39 is 11.6 Å². The highest BCUT2D eigenvalue weighted by Crippen LogP contribution is 2.32. The van der Waals surface area contributed by atoms with E-state index in [1.54, 1.807) is 7.11 Å².